The molecule has 0 aromatic carbocycles. The first-order chi connectivity index (χ1) is 11.6. The van der Waals surface area contributed by atoms with Gasteiger partial charge < -0.3 is 24.6 Å². The molecule has 25 heavy (non-hydrogen) atoms. The third kappa shape index (κ3) is 3.73. The molecule has 1 amide bonds. The number of aliphatic hydroxyl groups excluding tert-OH is 1. The normalized spacial score (nSPS) is 33.2. The number of hydrogen-bond acceptors (Lipinski definition) is 7. The molecule has 4 unspecified atom stereocenters. The van der Waals surface area contributed by atoms with Crippen LogP contribution in [0, 0.1) is 17.8 Å². The van der Waals surface area contributed by atoms with E-state index in [2.05, 4.69) is 5.32 Å². The Morgan fingerprint density at radius 1 is 1.16 bits per heavy atom. The molecule has 142 valence electrons. The Labute approximate surface area is 147 Å². The molecule has 2 rings (SSSR count). The zero-order chi connectivity index (χ0) is 19.0. The molecule has 8 heteroatoms. The molecule has 5 atom stereocenters. The second kappa shape index (κ2) is 6.82. The van der Waals surface area contributed by atoms with E-state index in [-0.39, 0.29) is 19.6 Å². The Morgan fingerprint density at radius 2 is 1.76 bits per heavy atom. The molecule has 0 aromatic heterocycles. The topological polar surface area (TPSA) is 111 Å². The fraction of sp³-hybridized carbons (Fsp3) is 0.824. The molecule has 0 bridgehead atoms. The number of amides is 1. The van der Waals surface area contributed by atoms with Gasteiger partial charge in [0.1, 0.15) is 11.1 Å². The van der Waals surface area contributed by atoms with Gasteiger partial charge in [-0.25, -0.2) is 9.59 Å². The quantitative estimate of drug-likeness (QED) is 0.558. The number of fused-ring (bicyclic) bond motifs is 1. The molecule has 2 fully saturated rings. The molecule has 8 nitrogen and oxygen atoms in total. The molecule has 2 aliphatic carbocycles. The third-order valence-corrected chi connectivity index (χ3v) is 4.54. The van der Waals surface area contributed by atoms with Crippen LogP contribution in [-0.4, -0.2) is 53.6 Å². The number of nitrogens with one attached hydrogen (secondary N) is 1. The monoisotopic (exact) mass is 357 g/mol. The van der Waals surface area contributed by atoms with Crippen LogP contribution in [0.4, 0.5) is 4.79 Å². The van der Waals surface area contributed by atoms with Crippen molar-refractivity contribution in [3.63, 3.8) is 0 Å². The standard InChI is InChI=1S/C17H27NO7/c1-6-23-13(20)11-10-9(19)8-17(12(10)11,14(21)24-7-2)18-15(22)25-16(3,4)5/h9-12,19H,6-8H2,1-5H3,(H,18,22)/t9?,10?,11-,12?,17?/m0/s1. The van der Waals surface area contributed by atoms with Crippen molar-refractivity contribution < 1.29 is 33.7 Å². The van der Waals surface area contributed by atoms with Crippen LogP contribution in [0.1, 0.15) is 41.0 Å². The highest BCUT2D eigenvalue weighted by Gasteiger charge is 2.76. The summed E-state index contributed by atoms with van der Waals surface area (Å²) in [5.74, 6) is -2.77. The maximum atomic E-state index is 12.6. The van der Waals surface area contributed by atoms with Crippen molar-refractivity contribution in [1.29, 1.82) is 0 Å². The number of rotatable bonds is 5. The molecule has 0 aliphatic heterocycles. The van der Waals surface area contributed by atoms with E-state index in [1.165, 1.54) is 0 Å². The molecule has 0 radical (unpaired) electrons. The van der Waals surface area contributed by atoms with Gasteiger partial charge >= 0.3 is 18.0 Å². The minimum Gasteiger partial charge on any atom is -0.466 e. The second-order valence-corrected chi connectivity index (χ2v) is 7.47. The summed E-state index contributed by atoms with van der Waals surface area (Å²) < 4.78 is 15.4. The maximum absolute atomic E-state index is 12.6. The van der Waals surface area contributed by atoms with Gasteiger partial charge in [-0.05, 0) is 34.6 Å². The Balaban J connectivity index is 2.26. The molecule has 2 N–H and O–H groups in total. The summed E-state index contributed by atoms with van der Waals surface area (Å²) in [6.45, 7) is 8.77. The molecule has 0 spiro atoms. The van der Waals surface area contributed by atoms with Gasteiger partial charge in [0.05, 0.1) is 25.2 Å². The van der Waals surface area contributed by atoms with E-state index < -0.39 is 53.0 Å². The Kier molecular flexibility index (Phi) is 5.32. The summed E-state index contributed by atoms with van der Waals surface area (Å²) in [6.07, 6.45) is -1.71. The first-order valence-corrected chi connectivity index (χ1v) is 8.60. The van der Waals surface area contributed by atoms with E-state index in [0.717, 1.165) is 0 Å². The maximum Gasteiger partial charge on any atom is 0.408 e. The predicted molar refractivity (Wildman–Crippen MR) is 86.5 cm³/mol. The van der Waals surface area contributed by atoms with E-state index in [9.17, 15) is 19.5 Å². The second-order valence-electron chi connectivity index (χ2n) is 7.47. The summed E-state index contributed by atoms with van der Waals surface area (Å²) in [7, 11) is 0. The highest BCUT2D eigenvalue weighted by Crippen LogP contribution is 2.63. The van der Waals surface area contributed by atoms with Gasteiger partial charge in [0, 0.05) is 18.3 Å². The highest BCUT2D eigenvalue weighted by molar-refractivity contribution is 5.90. The van der Waals surface area contributed by atoms with Gasteiger partial charge in [-0.15, -0.1) is 0 Å². The van der Waals surface area contributed by atoms with Crippen molar-refractivity contribution in [3.8, 4) is 0 Å². The predicted octanol–water partition coefficient (Wildman–Crippen LogP) is 1.00. The van der Waals surface area contributed by atoms with Crippen molar-refractivity contribution in [2.24, 2.45) is 17.8 Å². The number of esters is 2. The summed E-state index contributed by atoms with van der Waals surface area (Å²) in [6, 6.07) is 0. The van der Waals surface area contributed by atoms with Crippen LogP contribution in [0.3, 0.4) is 0 Å². The van der Waals surface area contributed by atoms with Gasteiger partial charge in [0.15, 0.2) is 0 Å². The molecule has 2 saturated carbocycles. The van der Waals surface area contributed by atoms with Crippen LogP contribution in [-0.2, 0) is 23.8 Å². The average molecular weight is 357 g/mol. The van der Waals surface area contributed by atoms with Gasteiger partial charge in [0.25, 0.3) is 0 Å². The number of hydrogen-bond donors (Lipinski definition) is 2. The lowest BCUT2D eigenvalue weighted by Gasteiger charge is -2.32. The fourth-order valence-electron chi connectivity index (χ4n) is 3.74. The molecular formula is C17H27NO7. The van der Waals surface area contributed by atoms with Gasteiger partial charge in [0.2, 0.25) is 0 Å². The number of carbonyl (C=O) groups excluding carboxylic acids is 3. The number of carbonyl (C=O) groups is 3. The first kappa shape index (κ1) is 19.5. The number of ether oxygens (including phenoxy) is 3. The van der Waals surface area contributed by atoms with Crippen molar-refractivity contribution in [2.75, 3.05) is 13.2 Å². The summed E-state index contributed by atoms with van der Waals surface area (Å²) in [5.41, 5.74) is -2.24. The summed E-state index contributed by atoms with van der Waals surface area (Å²) in [5, 5.41) is 12.9. The zero-order valence-corrected chi connectivity index (χ0v) is 15.3. The molecule has 0 saturated heterocycles. The summed E-state index contributed by atoms with van der Waals surface area (Å²) in [4.78, 5) is 37.0. The van der Waals surface area contributed by atoms with Crippen molar-refractivity contribution in [2.45, 2.75) is 58.3 Å². The average Bonchev–Trinajstić information content (AvgIpc) is 3.14. The van der Waals surface area contributed by atoms with E-state index in [1.54, 1.807) is 34.6 Å². The van der Waals surface area contributed by atoms with Crippen molar-refractivity contribution >= 4 is 18.0 Å². The first-order valence-electron chi connectivity index (χ1n) is 8.60. The Morgan fingerprint density at radius 3 is 2.28 bits per heavy atom. The third-order valence-electron chi connectivity index (χ3n) is 4.54. The van der Waals surface area contributed by atoms with Crippen molar-refractivity contribution in [1.82, 2.24) is 5.32 Å². The van der Waals surface area contributed by atoms with Gasteiger partial charge in [-0.3, -0.25) is 4.79 Å². The van der Waals surface area contributed by atoms with E-state index in [0.29, 0.717) is 0 Å². The van der Waals surface area contributed by atoms with Crippen LogP contribution in [0.25, 0.3) is 0 Å². The van der Waals surface area contributed by atoms with E-state index in [4.69, 9.17) is 14.2 Å². The van der Waals surface area contributed by atoms with Gasteiger partial charge in [-0.2, -0.15) is 0 Å². The SMILES string of the molecule is CCOC(=O)[C@H]1C2C(O)CC(NC(=O)OC(C)(C)C)(C(=O)OCC)C21. The molecule has 0 heterocycles. The van der Waals surface area contributed by atoms with Crippen LogP contribution in [0.5, 0.6) is 0 Å². The Bertz CT molecular complexity index is 556. The van der Waals surface area contributed by atoms with Crippen LogP contribution >= 0.6 is 0 Å². The Hall–Kier alpha value is -1.83. The van der Waals surface area contributed by atoms with Crippen LogP contribution in [0.15, 0.2) is 0 Å². The lowest BCUT2D eigenvalue weighted by Crippen LogP contribution is -2.58. The van der Waals surface area contributed by atoms with Gasteiger partial charge in [-0.1, -0.05) is 0 Å². The fourth-order valence-corrected chi connectivity index (χ4v) is 3.74. The number of alkyl carbamates (subject to hydrolysis) is 1. The molecule has 0 aromatic rings. The van der Waals surface area contributed by atoms with Crippen LogP contribution in [0.2, 0.25) is 0 Å². The lowest BCUT2D eigenvalue weighted by molar-refractivity contribution is -0.154. The van der Waals surface area contributed by atoms with E-state index in [1.807, 2.05) is 0 Å². The largest absolute Gasteiger partial charge is 0.466 e. The van der Waals surface area contributed by atoms with Crippen molar-refractivity contribution in [3.05, 3.63) is 0 Å². The molecular weight excluding hydrogens is 330 g/mol. The number of aliphatic hydroxyl groups is 1. The minimum atomic E-state index is -1.49. The highest BCUT2D eigenvalue weighted by atomic mass is 16.6. The minimum absolute atomic E-state index is 0.0175. The molecule has 2 aliphatic rings. The lowest BCUT2D eigenvalue weighted by atomic mass is 9.89. The zero-order valence-electron chi connectivity index (χ0n) is 15.3. The van der Waals surface area contributed by atoms with E-state index >= 15 is 0 Å². The summed E-state index contributed by atoms with van der Waals surface area (Å²) >= 11 is 0. The van der Waals surface area contributed by atoms with Crippen LogP contribution < -0.4 is 5.32 Å². The smallest absolute Gasteiger partial charge is 0.408 e.